The van der Waals surface area contributed by atoms with Crippen LogP contribution in [0.25, 0.3) is 0 Å². The van der Waals surface area contributed by atoms with Crippen LogP contribution in [0.1, 0.15) is 20.3 Å². The van der Waals surface area contributed by atoms with Crippen molar-refractivity contribution in [2.75, 3.05) is 7.11 Å². The van der Waals surface area contributed by atoms with E-state index in [1.807, 2.05) is 12.2 Å². The molecule has 0 radical (unpaired) electrons. The fourth-order valence-corrected chi connectivity index (χ4v) is 1.72. The molecule has 0 heterocycles. The molecule has 1 rings (SSSR count). The Balaban J connectivity index is 2.76. The number of hydrogen-bond acceptors (Lipinski definition) is 1. The molecule has 1 atom stereocenters. The Kier molecular flexibility index (Phi) is 3.36. The lowest BCUT2D eigenvalue weighted by molar-refractivity contribution is 0.138. The van der Waals surface area contributed by atoms with Gasteiger partial charge >= 0.3 is 0 Å². The van der Waals surface area contributed by atoms with Crippen molar-refractivity contribution < 1.29 is 4.74 Å². The average Bonchev–Trinajstić information content (AvgIpc) is 2.05. The van der Waals surface area contributed by atoms with Crippen LogP contribution in [0.5, 0.6) is 0 Å². The number of hydrogen-bond donors (Lipinski definition) is 0. The van der Waals surface area contributed by atoms with Crippen LogP contribution in [-0.2, 0) is 4.74 Å². The fourth-order valence-electron chi connectivity index (χ4n) is 1.35. The molecular formula is C10H15ClO. The second-order valence-electron chi connectivity index (χ2n) is 3.37. The van der Waals surface area contributed by atoms with Gasteiger partial charge in [0, 0.05) is 18.6 Å². The van der Waals surface area contributed by atoms with Gasteiger partial charge < -0.3 is 4.74 Å². The summed E-state index contributed by atoms with van der Waals surface area (Å²) in [4.78, 5) is 0. The second-order valence-corrected chi connectivity index (χ2v) is 3.77. The highest BCUT2D eigenvalue weighted by molar-refractivity contribution is 6.31. The van der Waals surface area contributed by atoms with Gasteiger partial charge in [-0.3, -0.25) is 0 Å². The Morgan fingerprint density at radius 3 is 2.75 bits per heavy atom. The van der Waals surface area contributed by atoms with Crippen molar-refractivity contribution >= 4 is 11.6 Å². The summed E-state index contributed by atoms with van der Waals surface area (Å²) in [6.07, 6.45) is 5.09. The molecule has 0 aromatic rings. The van der Waals surface area contributed by atoms with E-state index in [0.717, 1.165) is 11.5 Å². The van der Waals surface area contributed by atoms with Crippen molar-refractivity contribution in [3.05, 3.63) is 22.8 Å². The summed E-state index contributed by atoms with van der Waals surface area (Å²) in [6, 6.07) is 0. The van der Waals surface area contributed by atoms with Crippen LogP contribution in [-0.4, -0.2) is 13.2 Å². The van der Waals surface area contributed by atoms with Crippen LogP contribution < -0.4 is 0 Å². The molecule has 0 aromatic carbocycles. The molecule has 1 unspecified atom stereocenters. The maximum Gasteiger partial charge on any atom is 0.0793 e. The Bertz CT molecular complexity index is 216. The van der Waals surface area contributed by atoms with Crippen LogP contribution in [0.3, 0.4) is 0 Å². The van der Waals surface area contributed by atoms with Crippen LogP contribution in [0.4, 0.5) is 0 Å². The van der Waals surface area contributed by atoms with Gasteiger partial charge in [-0.05, 0) is 17.6 Å². The van der Waals surface area contributed by atoms with Crippen LogP contribution >= 0.6 is 11.6 Å². The SMILES string of the molecule is COC1C=CC(Cl)=C(C(C)C)C1. The molecule has 0 saturated carbocycles. The smallest absolute Gasteiger partial charge is 0.0793 e. The molecule has 0 saturated heterocycles. The molecule has 1 aliphatic rings. The predicted molar refractivity (Wildman–Crippen MR) is 52.3 cm³/mol. The molecule has 0 aliphatic heterocycles. The van der Waals surface area contributed by atoms with Crippen LogP contribution in [0.15, 0.2) is 22.8 Å². The molecule has 1 aliphatic carbocycles. The summed E-state index contributed by atoms with van der Waals surface area (Å²) >= 11 is 6.04. The van der Waals surface area contributed by atoms with E-state index in [1.54, 1.807) is 7.11 Å². The number of allylic oxidation sites excluding steroid dienone is 2. The Morgan fingerprint density at radius 2 is 2.25 bits per heavy atom. The lowest BCUT2D eigenvalue weighted by Gasteiger charge is -2.21. The Hall–Kier alpha value is -0.270. The van der Waals surface area contributed by atoms with Crippen molar-refractivity contribution in [1.82, 2.24) is 0 Å². The monoisotopic (exact) mass is 186 g/mol. The van der Waals surface area contributed by atoms with Gasteiger partial charge in [0.15, 0.2) is 0 Å². The molecule has 1 nitrogen and oxygen atoms in total. The van der Waals surface area contributed by atoms with Gasteiger partial charge in [-0.25, -0.2) is 0 Å². The lowest BCUT2D eigenvalue weighted by atomic mass is 9.93. The van der Waals surface area contributed by atoms with E-state index in [9.17, 15) is 0 Å². The molecule has 0 fully saturated rings. The Morgan fingerprint density at radius 1 is 1.58 bits per heavy atom. The summed E-state index contributed by atoms with van der Waals surface area (Å²) in [5, 5.41) is 0.887. The maximum atomic E-state index is 6.04. The van der Waals surface area contributed by atoms with Gasteiger partial charge in [0.25, 0.3) is 0 Å². The predicted octanol–water partition coefficient (Wildman–Crippen LogP) is 3.11. The van der Waals surface area contributed by atoms with Gasteiger partial charge in [-0.15, -0.1) is 0 Å². The van der Waals surface area contributed by atoms with Crippen molar-refractivity contribution in [2.24, 2.45) is 5.92 Å². The van der Waals surface area contributed by atoms with Gasteiger partial charge in [0.2, 0.25) is 0 Å². The van der Waals surface area contributed by atoms with Crippen molar-refractivity contribution in [3.8, 4) is 0 Å². The minimum absolute atomic E-state index is 0.213. The second kappa shape index (κ2) is 4.11. The minimum Gasteiger partial charge on any atom is -0.377 e. The third-order valence-corrected chi connectivity index (χ3v) is 2.55. The largest absolute Gasteiger partial charge is 0.377 e. The molecule has 0 N–H and O–H groups in total. The van der Waals surface area contributed by atoms with E-state index in [-0.39, 0.29) is 6.10 Å². The normalized spacial score (nSPS) is 23.9. The number of methoxy groups -OCH3 is 1. The third kappa shape index (κ3) is 2.11. The first kappa shape index (κ1) is 9.82. The van der Waals surface area contributed by atoms with Crippen molar-refractivity contribution in [2.45, 2.75) is 26.4 Å². The van der Waals surface area contributed by atoms with E-state index in [2.05, 4.69) is 13.8 Å². The van der Waals surface area contributed by atoms with Crippen LogP contribution in [0, 0.1) is 5.92 Å². The van der Waals surface area contributed by atoms with E-state index >= 15 is 0 Å². The molecule has 12 heavy (non-hydrogen) atoms. The first-order valence-electron chi connectivity index (χ1n) is 4.24. The van der Waals surface area contributed by atoms with Gasteiger partial charge in [-0.2, -0.15) is 0 Å². The van der Waals surface area contributed by atoms with Gasteiger partial charge in [0.05, 0.1) is 6.10 Å². The van der Waals surface area contributed by atoms with E-state index in [0.29, 0.717) is 5.92 Å². The van der Waals surface area contributed by atoms with Crippen LogP contribution in [0.2, 0.25) is 0 Å². The minimum atomic E-state index is 0.213. The molecule has 68 valence electrons. The number of rotatable bonds is 2. The number of halogens is 1. The maximum absolute atomic E-state index is 6.04. The lowest BCUT2D eigenvalue weighted by Crippen LogP contribution is -2.14. The fraction of sp³-hybridized carbons (Fsp3) is 0.600. The summed E-state index contributed by atoms with van der Waals surface area (Å²) < 4.78 is 5.24. The first-order valence-corrected chi connectivity index (χ1v) is 4.62. The van der Waals surface area contributed by atoms with Crippen molar-refractivity contribution in [1.29, 1.82) is 0 Å². The zero-order chi connectivity index (χ0) is 9.14. The summed E-state index contributed by atoms with van der Waals surface area (Å²) in [6.45, 7) is 4.31. The Labute approximate surface area is 79.1 Å². The quantitative estimate of drug-likeness (QED) is 0.644. The van der Waals surface area contributed by atoms with Gasteiger partial charge in [0.1, 0.15) is 0 Å². The molecule has 2 heteroatoms. The standard InChI is InChI=1S/C10H15ClO/c1-7(2)9-6-8(12-3)4-5-10(9)11/h4-5,7-8H,6H2,1-3H3. The molecule has 0 aromatic heterocycles. The van der Waals surface area contributed by atoms with E-state index in [1.165, 1.54) is 5.57 Å². The summed E-state index contributed by atoms with van der Waals surface area (Å²) in [7, 11) is 1.73. The summed E-state index contributed by atoms with van der Waals surface area (Å²) in [5.74, 6) is 0.514. The third-order valence-electron chi connectivity index (χ3n) is 2.18. The molecular weight excluding hydrogens is 172 g/mol. The molecule has 0 bridgehead atoms. The zero-order valence-corrected chi connectivity index (χ0v) is 8.56. The van der Waals surface area contributed by atoms with Gasteiger partial charge in [-0.1, -0.05) is 31.5 Å². The molecule has 0 amide bonds. The van der Waals surface area contributed by atoms with E-state index < -0.39 is 0 Å². The topological polar surface area (TPSA) is 9.23 Å². The zero-order valence-electron chi connectivity index (χ0n) is 7.80. The molecule has 0 spiro atoms. The summed E-state index contributed by atoms with van der Waals surface area (Å²) in [5.41, 5.74) is 1.30. The highest BCUT2D eigenvalue weighted by Crippen LogP contribution is 2.28. The highest BCUT2D eigenvalue weighted by Gasteiger charge is 2.16. The first-order chi connectivity index (χ1) is 5.65. The van der Waals surface area contributed by atoms with E-state index in [4.69, 9.17) is 16.3 Å². The van der Waals surface area contributed by atoms with Crippen molar-refractivity contribution in [3.63, 3.8) is 0 Å². The highest BCUT2D eigenvalue weighted by atomic mass is 35.5. The number of ether oxygens (including phenoxy) is 1. The average molecular weight is 187 g/mol.